The Balaban J connectivity index is 2.11. The van der Waals surface area contributed by atoms with Crippen LogP contribution < -0.4 is 5.32 Å². The maximum atomic E-state index is 12.7. The highest BCUT2D eigenvalue weighted by Gasteiger charge is 2.44. The maximum Gasteiger partial charge on any atom is 0.246 e. The molecule has 0 aromatic rings. The van der Waals surface area contributed by atoms with E-state index in [9.17, 15) is 9.59 Å². The van der Waals surface area contributed by atoms with E-state index in [0.717, 1.165) is 11.5 Å². The molecule has 114 valence electrons. The average molecular weight is 316 g/mol. The van der Waals surface area contributed by atoms with E-state index in [-0.39, 0.29) is 23.3 Å². The standard InChI is InChI=1S/C14H24N2O2S2/c1-9-12(17)15-11(14(2,3)4)13(18)16(9)7-10-8-19-5-6-20-10/h9-11H,5-8H2,1-4H3,(H,15,17). The van der Waals surface area contributed by atoms with Crippen molar-refractivity contribution in [3.05, 3.63) is 0 Å². The van der Waals surface area contributed by atoms with Gasteiger partial charge in [0.15, 0.2) is 0 Å². The molecule has 0 bridgehead atoms. The monoisotopic (exact) mass is 316 g/mol. The van der Waals surface area contributed by atoms with Crippen molar-refractivity contribution in [3.8, 4) is 0 Å². The van der Waals surface area contributed by atoms with Gasteiger partial charge in [-0.1, -0.05) is 20.8 Å². The zero-order valence-corrected chi connectivity index (χ0v) is 14.3. The Labute approximate surface area is 129 Å². The van der Waals surface area contributed by atoms with Crippen molar-refractivity contribution >= 4 is 35.3 Å². The summed E-state index contributed by atoms with van der Waals surface area (Å²) in [5, 5.41) is 3.33. The van der Waals surface area contributed by atoms with Crippen molar-refractivity contribution in [1.29, 1.82) is 0 Å². The van der Waals surface area contributed by atoms with Gasteiger partial charge in [0.25, 0.3) is 0 Å². The summed E-state index contributed by atoms with van der Waals surface area (Å²) in [6, 6.07) is -0.763. The van der Waals surface area contributed by atoms with E-state index in [1.54, 1.807) is 4.90 Å². The van der Waals surface area contributed by atoms with Crippen LogP contribution >= 0.6 is 23.5 Å². The van der Waals surface area contributed by atoms with Crippen molar-refractivity contribution in [1.82, 2.24) is 10.2 Å². The Hall–Kier alpha value is -0.360. The molecule has 0 radical (unpaired) electrons. The summed E-state index contributed by atoms with van der Waals surface area (Å²) in [4.78, 5) is 26.6. The molecule has 1 N–H and O–H groups in total. The maximum absolute atomic E-state index is 12.7. The number of piperazine rings is 1. The quantitative estimate of drug-likeness (QED) is 0.841. The molecule has 2 saturated heterocycles. The lowest BCUT2D eigenvalue weighted by atomic mass is 9.84. The molecule has 2 amide bonds. The zero-order valence-electron chi connectivity index (χ0n) is 12.6. The van der Waals surface area contributed by atoms with Crippen LogP contribution in [-0.2, 0) is 9.59 Å². The van der Waals surface area contributed by atoms with Gasteiger partial charge >= 0.3 is 0 Å². The summed E-state index contributed by atoms with van der Waals surface area (Å²) in [7, 11) is 0. The number of amides is 2. The molecule has 3 unspecified atom stereocenters. The lowest BCUT2D eigenvalue weighted by molar-refractivity contribution is -0.151. The number of nitrogens with one attached hydrogen (secondary N) is 1. The first-order valence-electron chi connectivity index (χ1n) is 7.11. The number of rotatable bonds is 2. The molecule has 2 rings (SSSR count). The van der Waals surface area contributed by atoms with Crippen LogP contribution in [0.2, 0.25) is 0 Å². The molecule has 0 aromatic heterocycles. The van der Waals surface area contributed by atoms with Gasteiger partial charge < -0.3 is 10.2 Å². The van der Waals surface area contributed by atoms with Crippen molar-refractivity contribution < 1.29 is 9.59 Å². The SMILES string of the molecule is CC1C(=O)NC(C(C)(C)C)C(=O)N1CC1CSCCS1. The molecule has 0 spiro atoms. The minimum Gasteiger partial charge on any atom is -0.342 e. The third-order valence-corrected chi connectivity index (χ3v) is 6.64. The fourth-order valence-corrected chi connectivity index (χ4v) is 5.18. The van der Waals surface area contributed by atoms with Crippen LogP contribution in [0.25, 0.3) is 0 Å². The van der Waals surface area contributed by atoms with Gasteiger partial charge in [-0.3, -0.25) is 9.59 Å². The summed E-state index contributed by atoms with van der Waals surface area (Å²) in [5.74, 6) is 3.44. The summed E-state index contributed by atoms with van der Waals surface area (Å²) >= 11 is 3.87. The second-order valence-corrected chi connectivity index (χ2v) is 9.10. The lowest BCUT2D eigenvalue weighted by Gasteiger charge is -2.43. The first kappa shape index (κ1) is 16.0. The summed E-state index contributed by atoms with van der Waals surface area (Å²) in [6.45, 7) is 8.50. The van der Waals surface area contributed by atoms with Crippen molar-refractivity contribution in [2.75, 3.05) is 23.8 Å². The average Bonchev–Trinajstić information content (AvgIpc) is 2.39. The van der Waals surface area contributed by atoms with Crippen molar-refractivity contribution in [3.63, 3.8) is 0 Å². The molecule has 3 atom stereocenters. The molecule has 2 aliphatic heterocycles. The highest BCUT2D eigenvalue weighted by atomic mass is 32.2. The fourth-order valence-electron chi connectivity index (χ4n) is 2.52. The third kappa shape index (κ3) is 3.45. The minimum atomic E-state index is -0.410. The van der Waals surface area contributed by atoms with Gasteiger partial charge in [-0.15, -0.1) is 0 Å². The molecule has 0 saturated carbocycles. The van der Waals surface area contributed by atoms with E-state index in [0.29, 0.717) is 11.8 Å². The van der Waals surface area contributed by atoms with Gasteiger partial charge in [-0.05, 0) is 12.3 Å². The zero-order chi connectivity index (χ0) is 14.9. The lowest BCUT2D eigenvalue weighted by Crippen LogP contribution is -2.66. The van der Waals surface area contributed by atoms with Crippen LogP contribution in [0.1, 0.15) is 27.7 Å². The molecule has 20 heavy (non-hydrogen) atoms. The van der Waals surface area contributed by atoms with Gasteiger partial charge in [0.1, 0.15) is 12.1 Å². The Morgan fingerprint density at radius 3 is 2.55 bits per heavy atom. The van der Waals surface area contributed by atoms with Gasteiger partial charge in [0, 0.05) is 29.1 Å². The van der Waals surface area contributed by atoms with Crippen LogP contribution in [0, 0.1) is 5.41 Å². The van der Waals surface area contributed by atoms with E-state index >= 15 is 0 Å². The van der Waals surface area contributed by atoms with Gasteiger partial charge in [-0.25, -0.2) is 0 Å². The fraction of sp³-hybridized carbons (Fsp3) is 0.857. The van der Waals surface area contributed by atoms with Gasteiger partial charge in [0.2, 0.25) is 11.8 Å². The number of nitrogens with zero attached hydrogens (tertiary/aromatic N) is 1. The predicted octanol–water partition coefficient (Wildman–Crippen LogP) is 1.60. The van der Waals surface area contributed by atoms with Crippen LogP contribution in [0.3, 0.4) is 0 Å². The highest BCUT2D eigenvalue weighted by Crippen LogP contribution is 2.29. The first-order valence-corrected chi connectivity index (χ1v) is 9.31. The molecule has 2 aliphatic rings. The van der Waals surface area contributed by atoms with Gasteiger partial charge in [-0.2, -0.15) is 23.5 Å². The van der Waals surface area contributed by atoms with Crippen molar-refractivity contribution in [2.24, 2.45) is 5.41 Å². The molecule has 0 aliphatic carbocycles. The van der Waals surface area contributed by atoms with Crippen molar-refractivity contribution in [2.45, 2.75) is 45.0 Å². The largest absolute Gasteiger partial charge is 0.342 e. The summed E-state index contributed by atoms with van der Waals surface area (Å²) < 4.78 is 0. The number of thioether (sulfide) groups is 2. The first-order chi connectivity index (χ1) is 9.30. The molecular formula is C14H24N2O2S2. The summed E-state index contributed by atoms with van der Waals surface area (Å²) in [5.41, 5.74) is -0.250. The van der Waals surface area contributed by atoms with Gasteiger partial charge in [0.05, 0.1) is 0 Å². The smallest absolute Gasteiger partial charge is 0.246 e. The Bertz CT molecular complexity index is 389. The number of hydrogen-bond acceptors (Lipinski definition) is 4. The molecule has 4 nitrogen and oxygen atoms in total. The molecule has 2 fully saturated rings. The molecule has 6 heteroatoms. The van der Waals surface area contributed by atoms with E-state index in [1.807, 2.05) is 51.2 Å². The van der Waals surface area contributed by atoms with Crippen LogP contribution in [0.4, 0.5) is 0 Å². The van der Waals surface area contributed by atoms with Crippen LogP contribution in [-0.4, -0.2) is 57.9 Å². The molecule has 2 heterocycles. The number of hydrogen-bond donors (Lipinski definition) is 1. The van der Waals surface area contributed by atoms with Crippen LogP contribution in [0.15, 0.2) is 0 Å². The second-order valence-electron chi connectivity index (χ2n) is 6.54. The number of carbonyl (C=O) groups excluding carboxylic acids is 2. The Morgan fingerprint density at radius 2 is 2.00 bits per heavy atom. The number of carbonyl (C=O) groups is 2. The minimum absolute atomic E-state index is 0.0296. The van der Waals surface area contributed by atoms with E-state index < -0.39 is 6.04 Å². The van der Waals surface area contributed by atoms with E-state index in [1.165, 1.54) is 5.75 Å². The molecular weight excluding hydrogens is 292 g/mol. The second kappa shape index (κ2) is 6.18. The molecule has 0 aromatic carbocycles. The highest BCUT2D eigenvalue weighted by molar-refractivity contribution is 8.06. The normalized spacial score (nSPS) is 32.2. The van der Waals surface area contributed by atoms with Crippen LogP contribution in [0.5, 0.6) is 0 Å². The van der Waals surface area contributed by atoms with E-state index in [4.69, 9.17) is 0 Å². The third-order valence-electron chi connectivity index (χ3n) is 3.81. The Kier molecular flexibility index (Phi) is 4.95. The summed E-state index contributed by atoms with van der Waals surface area (Å²) in [6.07, 6.45) is 0. The van der Waals surface area contributed by atoms with E-state index in [2.05, 4.69) is 5.32 Å². The predicted molar refractivity (Wildman–Crippen MR) is 86.1 cm³/mol. The topological polar surface area (TPSA) is 49.4 Å². The Morgan fingerprint density at radius 1 is 1.30 bits per heavy atom.